The van der Waals surface area contributed by atoms with Gasteiger partial charge in [0.15, 0.2) is 15.4 Å². The van der Waals surface area contributed by atoms with Crippen LogP contribution in [0.1, 0.15) is 15.9 Å². The van der Waals surface area contributed by atoms with Gasteiger partial charge in [-0.05, 0) is 51.3 Å². The maximum atomic E-state index is 13.0. The van der Waals surface area contributed by atoms with Crippen molar-refractivity contribution in [3.05, 3.63) is 77.9 Å². The van der Waals surface area contributed by atoms with E-state index in [9.17, 15) is 18.3 Å². The molecule has 0 aliphatic heterocycles. The number of sulfone groups is 1. The van der Waals surface area contributed by atoms with E-state index in [1.807, 2.05) is 30.3 Å². The quantitative estimate of drug-likeness (QED) is 0.551. The van der Waals surface area contributed by atoms with Crippen molar-refractivity contribution in [2.75, 3.05) is 0 Å². The number of carboxylic acid groups (broad SMARTS) is 1. The Morgan fingerprint density at radius 2 is 1.71 bits per heavy atom. The van der Waals surface area contributed by atoms with Crippen molar-refractivity contribution in [3.63, 3.8) is 0 Å². The number of hydrogen-bond acceptors (Lipinski definition) is 6. The maximum absolute atomic E-state index is 13.0. The summed E-state index contributed by atoms with van der Waals surface area (Å²) in [6, 6.07) is 18.5. The maximum Gasteiger partial charge on any atom is 0.335 e. The number of nitrogens with zero attached hydrogens (tertiary/aromatic N) is 2. The Labute approximate surface area is 160 Å². The molecule has 0 saturated carbocycles. The second-order valence-corrected chi connectivity index (χ2v) is 8.15. The third-order valence-corrected chi connectivity index (χ3v) is 6.06. The number of aromatic nitrogens is 2. The molecule has 3 aromatic carbocycles. The van der Waals surface area contributed by atoms with Crippen LogP contribution >= 0.6 is 0 Å². The molecule has 1 heterocycles. The molecule has 0 unspecified atom stereocenters. The Hall–Kier alpha value is -3.52. The fourth-order valence-electron chi connectivity index (χ4n) is 3.05. The zero-order valence-electron chi connectivity index (χ0n) is 14.4. The highest BCUT2D eigenvalue weighted by Crippen LogP contribution is 2.28. The van der Waals surface area contributed by atoms with E-state index in [0.29, 0.717) is 5.52 Å². The van der Waals surface area contributed by atoms with Crippen LogP contribution in [0.3, 0.4) is 0 Å². The van der Waals surface area contributed by atoms with Crippen LogP contribution in [0.15, 0.2) is 76.3 Å². The largest absolute Gasteiger partial charge is 0.478 e. The predicted molar refractivity (Wildman–Crippen MR) is 102 cm³/mol. The summed E-state index contributed by atoms with van der Waals surface area (Å²) in [7, 11) is -3.89. The molecule has 0 fully saturated rings. The minimum atomic E-state index is -3.89. The second kappa shape index (κ2) is 6.90. The third-order valence-electron chi connectivity index (χ3n) is 4.37. The molecule has 4 rings (SSSR count). The Bertz CT molecular complexity index is 1280. The lowest BCUT2D eigenvalue weighted by Gasteiger charge is -2.11. The highest BCUT2D eigenvalue weighted by molar-refractivity contribution is 7.90. The number of hydrogen-bond donors (Lipinski definition) is 1. The van der Waals surface area contributed by atoms with Crippen LogP contribution < -0.4 is 0 Å². The molecular formula is C20H14N2O5S. The summed E-state index contributed by atoms with van der Waals surface area (Å²) in [5.41, 5.74) is 2.17. The lowest BCUT2D eigenvalue weighted by molar-refractivity contribution is 0.0696. The summed E-state index contributed by atoms with van der Waals surface area (Å²) < 4.78 is 30.7. The van der Waals surface area contributed by atoms with Gasteiger partial charge in [0, 0.05) is 0 Å². The average Bonchev–Trinajstić information content (AvgIpc) is 3.16. The van der Waals surface area contributed by atoms with Gasteiger partial charge in [-0.25, -0.2) is 17.8 Å². The lowest BCUT2D eigenvalue weighted by atomic mass is 10.00. The Morgan fingerprint density at radius 3 is 2.46 bits per heavy atom. The first-order chi connectivity index (χ1) is 13.5. The van der Waals surface area contributed by atoms with Crippen LogP contribution in [0.4, 0.5) is 0 Å². The standard InChI is InChI=1S/C20H14N2O5S/c23-20(24)16-10-9-14(13-5-2-1-3-6-13)11-15(16)12-28(25,26)18-8-4-7-17-19(18)22-27-21-17/h1-11H,12H2,(H,23,24). The molecule has 0 amide bonds. The van der Waals surface area contributed by atoms with Crippen molar-refractivity contribution in [3.8, 4) is 11.1 Å². The lowest BCUT2D eigenvalue weighted by Crippen LogP contribution is -2.10. The average molecular weight is 394 g/mol. The highest BCUT2D eigenvalue weighted by atomic mass is 32.2. The monoisotopic (exact) mass is 394 g/mol. The summed E-state index contributed by atoms with van der Waals surface area (Å²) in [6.07, 6.45) is 0. The molecule has 0 aliphatic rings. The van der Waals surface area contributed by atoms with E-state index >= 15 is 0 Å². The first kappa shape index (κ1) is 17.9. The second-order valence-electron chi connectivity index (χ2n) is 6.19. The molecule has 28 heavy (non-hydrogen) atoms. The molecule has 1 N–H and O–H groups in total. The molecular weight excluding hydrogens is 380 g/mol. The summed E-state index contributed by atoms with van der Waals surface area (Å²) in [5, 5.41) is 16.8. The summed E-state index contributed by atoms with van der Waals surface area (Å²) in [4.78, 5) is 11.6. The zero-order valence-corrected chi connectivity index (χ0v) is 15.3. The number of aromatic carboxylic acids is 1. The minimum absolute atomic E-state index is 0.0484. The van der Waals surface area contributed by atoms with Crippen LogP contribution in [-0.4, -0.2) is 29.8 Å². The molecule has 4 aromatic rings. The topological polar surface area (TPSA) is 110 Å². The number of fused-ring (bicyclic) bond motifs is 1. The Kier molecular flexibility index (Phi) is 4.40. The minimum Gasteiger partial charge on any atom is -0.478 e. The van der Waals surface area contributed by atoms with Crippen molar-refractivity contribution in [1.82, 2.24) is 10.3 Å². The predicted octanol–water partition coefficient (Wildman–Crippen LogP) is 3.56. The SMILES string of the molecule is O=C(O)c1ccc(-c2ccccc2)cc1CS(=O)(=O)c1cccc2nonc12. The van der Waals surface area contributed by atoms with Gasteiger partial charge in [-0.3, -0.25) is 0 Å². The number of carbonyl (C=O) groups is 1. The zero-order chi connectivity index (χ0) is 19.7. The van der Waals surface area contributed by atoms with Gasteiger partial charge < -0.3 is 5.11 Å². The fraction of sp³-hybridized carbons (Fsp3) is 0.0500. The van der Waals surface area contributed by atoms with Gasteiger partial charge in [0.25, 0.3) is 0 Å². The Balaban J connectivity index is 1.81. The van der Waals surface area contributed by atoms with E-state index in [1.165, 1.54) is 18.2 Å². The third kappa shape index (κ3) is 3.25. The molecule has 7 nitrogen and oxygen atoms in total. The molecule has 0 bridgehead atoms. The van der Waals surface area contributed by atoms with Crippen molar-refractivity contribution < 1.29 is 22.9 Å². The summed E-state index contributed by atoms with van der Waals surface area (Å²) >= 11 is 0. The van der Waals surface area contributed by atoms with E-state index in [2.05, 4.69) is 14.9 Å². The van der Waals surface area contributed by atoms with Gasteiger partial charge in [0.2, 0.25) is 0 Å². The Morgan fingerprint density at radius 1 is 0.929 bits per heavy atom. The number of rotatable bonds is 5. The molecule has 8 heteroatoms. The van der Waals surface area contributed by atoms with Gasteiger partial charge in [-0.15, -0.1) is 0 Å². The summed E-state index contributed by atoms with van der Waals surface area (Å²) in [5.74, 6) is -1.67. The van der Waals surface area contributed by atoms with Gasteiger partial charge >= 0.3 is 5.97 Å². The number of benzene rings is 3. The van der Waals surface area contributed by atoms with Crippen molar-refractivity contribution in [1.29, 1.82) is 0 Å². The molecule has 0 radical (unpaired) electrons. The van der Waals surface area contributed by atoms with E-state index in [4.69, 9.17) is 0 Å². The van der Waals surface area contributed by atoms with Crippen LogP contribution in [-0.2, 0) is 15.6 Å². The van der Waals surface area contributed by atoms with Crippen LogP contribution in [0, 0.1) is 0 Å². The molecule has 140 valence electrons. The van der Waals surface area contributed by atoms with Crippen molar-refractivity contribution in [2.24, 2.45) is 0 Å². The molecule has 0 aliphatic carbocycles. The smallest absolute Gasteiger partial charge is 0.335 e. The molecule has 0 saturated heterocycles. The van der Waals surface area contributed by atoms with Crippen LogP contribution in [0.25, 0.3) is 22.2 Å². The van der Waals surface area contributed by atoms with E-state index in [0.717, 1.165) is 11.1 Å². The van der Waals surface area contributed by atoms with E-state index < -0.39 is 21.6 Å². The van der Waals surface area contributed by atoms with Crippen LogP contribution in [0.2, 0.25) is 0 Å². The van der Waals surface area contributed by atoms with Crippen molar-refractivity contribution >= 4 is 26.8 Å². The molecule has 1 aromatic heterocycles. The van der Waals surface area contributed by atoms with Crippen molar-refractivity contribution in [2.45, 2.75) is 10.6 Å². The molecule has 0 spiro atoms. The summed E-state index contributed by atoms with van der Waals surface area (Å²) in [6.45, 7) is 0. The first-order valence-electron chi connectivity index (χ1n) is 8.31. The normalized spacial score (nSPS) is 11.6. The van der Waals surface area contributed by atoms with Gasteiger partial charge in [0.05, 0.1) is 16.2 Å². The van der Waals surface area contributed by atoms with Crippen LogP contribution in [0.5, 0.6) is 0 Å². The first-order valence-corrected chi connectivity index (χ1v) is 9.96. The number of carboxylic acids is 1. The van der Waals surface area contributed by atoms with Gasteiger partial charge in [0.1, 0.15) is 5.52 Å². The van der Waals surface area contributed by atoms with E-state index in [1.54, 1.807) is 18.2 Å². The van der Waals surface area contributed by atoms with E-state index in [-0.39, 0.29) is 21.5 Å². The van der Waals surface area contributed by atoms with Gasteiger partial charge in [-0.1, -0.05) is 42.5 Å². The molecule has 0 atom stereocenters. The highest BCUT2D eigenvalue weighted by Gasteiger charge is 2.24. The van der Waals surface area contributed by atoms with Gasteiger partial charge in [-0.2, -0.15) is 0 Å². The fourth-order valence-corrected chi connectivity index (χ4v) is 4.57.